The second-order valence-corrected chi connectivity index (χ2v) is 5.01. The van der Waals surface area contributed by atoms with Crippen LogP contribution < -0.4 is 0 Å². The van der Waals surface area contributed by atoms with Crippen LogP contribution in [0.15, 0.2) is 24.3 Å². The van der Waals surface area contributed by atoms with Crippen LogP contribution in [0, 0.1) is 0 Å². The number of rotatable bonds is 0. The van der Waals surface area contributed by atoms with Crippen molar-refractivity contribution in [2.24, 2.45) is 7.05 Å². The lowest BCUT2D eigenvalue weighted by Gasteiger charge is -2.32. The molecule has 0 N–H and O–H groups in total. The molecule has 0 saturated heterocycles. The Labute approximate surface area is 95.8 Å². The molecule has 0 unspecified atom stereocenters. The highest BCUT2D eigenvalue weighted by Crippen LogP contribution is 2.38. The van der Waals surface area contributed by atoms with Crippen molar-refractivity contribution in [2.45, 2.75) is 25.9 Å². The number of aromatic nitrogens is 1. The van der Waals surface area contributed by atoms with E-state index in [0.29, 0.717) is 0 Å². The van der Waals surface area contributed by atoms with Gasteiger partial charge in [0, 0.05) is 18.0 Å². The van der Waals surface area contributed by atoms with Gasteiger partial charge in [-0.1, -0.05) is 18.2 Å². The number of fused-ring (bicyclic) bond motifs is 3. The molecule has 0 aliphatic carbocycles. The molecule has 1 aliphatic heterocycles. The molecule has 2 heterocycles. The first-order valence-electron chi connectivity index (χ1n) is 5.82. The Hall–Kier alpha value is -1.28. The minimum Gasteiger partial charge on any atom is -0.369 e. The van der Waals surface area contributed by atoms with E-state index in [9.17, 15) is 0 Å². The van der Waals surface area contributed by atoms with Gasteiger partial charge in [0.1, 0.15) is 5.60 Å². The second-order valence-electron chi connectivity index (χ2n) is 5.01. The quantitative estimate of drug-likeness (QED) is 0.659. The van der Waals surface area contributed by atoms with Gasteiger partial charge in [-0.2, -0.15) is 0 Å². The van der Waals surface area contributed by atoms with Crippen molar-refractivity contribution in [3.63, 3.8) is 0 Å². The van der Waals surface area contributed by atoms with Crippen LogP contribution in [0.1, 0.15) is 25.1 Å². The summed E-state index contributed by atoms with van der Waals surface area (Å²) in [7, 11) is 2.14. The van der Waals surface area contributed by atoms with Gasteiger partial charge >= 0.3 is 0 Å². The maximum Gasteiger partial charge on any atom is 0.103 e. The van der Waals surface area contributed by atoms with E-state index < -0.39 is 0 Å². The molecular formula is C14H17NO. The molecule has 84 valence electrons. The number of ether oxygens (including phenoxy) is 1. The molecule has 0 fully saturated rings. The molecule has 1 aromatic carbocycles. The fourth-order valence-corrected chi connectivity index (χ4v) is 2.97. The molecule has 2 heteroatoms. The van der Waals surface area contributed by atoms with Crippen LogP contribution in [-0.4, -0.2) is 11.2 Å². The molecule has 1 aromatic heterocycles. The Morgan fingerprint density at radius 3 is 2.81 bits per heavy atom. The third-order valence-corrected chi connectivity index (χ3v) is 3.60. The lowest BCUT2D eigenvalue weighted by molar-refractivity contribution is -0.0362. The predicted molar refractivity (Wildman–Crippen MR) is 65.6 cm³/mol. The summed E-state index contributed by atoms with van der Waals surface area (Å²) >= 11 is 0. The van der Waals surface area contributed by atoms with Crippen LogP contribution in [0.4, 0.5) is 0 Å². The molecule has 0 amide bonds. The van der Waals surface area contributed by atoms with Gasteiger partial charge in [0.2, 0.25) is 0 Å². The van der Waals surface area contributed by atoms with Crippen molar-refractivity contribution in [3.8, 4) is 0 Å². The van der Waals surface area contributed by atoms with Crippen molar-refractivity contribution >= 4 is 10.9 Å². The summed E-state index contributed by atoms with van der Waals surface area (Å²) in [5.41, 5.74) is 3.95. The first kappa shape index (κ1) is 9.91. The Morgan fingerprint density at radius 1 is 1.25 bits per heavy atom. The van der Waals surface area contributed by atoms with Gasteiger partial charge in [0.25, 0.3) is 0 Å². The molecule has 0 atom stereocenters. The van der Waals surface area contributed by atoms with Gasteiger partial charge in [-0.25, -0.2) is 0 Å². The summed E-state index contributed by atoms with van der Waals surface area (Å²) in [6.45, 7) is 5.14. The summed E-state index contributed by atoms with van der Waals surface area (Å²) in [6.07, 6.45) is 1.03. The topological polar surface area (TPSA) is 14.2 Å². The molecule has 0 bridgehead atoms. The minimum atomic E-state index is -0.165. The highest BCUT2D eigenvalue weighted by Gasteiger charge is 2.33. The van der Waals surface area contributed by atoms with Gasteiger partial charge in [0.15, 0.2) is 0 Å². The van der Waals surface area contributed by atoms with Crippen LogP contribution in [-0.2, 0) is 23.8 Å². The monoisotopic (exact) mass is 215 g/mol. The zero-order valence-corrected chi connectivity index (χ0v) is 10.1. The Morgan fingerprint density at radius 2 is 2.00 bits per heavy atom. The lowest BCUT2D eigenvalue weighted by Crippen LogP contribution is -2.31. The fourth-order valence-electron chi connectivity index (χ4n) is 2.97. The highest BCUT2D eigenvalue weighted by atomic mass is 16.5. The Bertz CT molecular complexity index is 551. The van der Waals surface area contributed by atoms with E-state index in [0.717, 1.165) is 13.0 Å². The molecule has 2 aromatic rings. The molecule has 2 nitrogen and oxygen atoms in total. The van der Waals surface area contributed by atoms with Crippen molar-refractivity contribution in [1.82, 2.24) is 4.57 Å². The minimum absolute atomic E-state index is 0.165. The van der Waals surface area contributed by atoms with E-state index in [1.807, 2.05) is 0 Å². The van der Waals surface area contributed by atoms with E-state index in [1.54, 1.807) is 0 Å². The van der Waals surface area contributed by atoms with Gasteiger partial charge in [-0.3, -0.25) is 0 Å². The van der Waals surface area contributed by atoms with Crippen molar-refractivity contribution < 1.29 is 4.74 Å². The molecule has 0 radical (unpaired) electrons. The van der Waals surface area contributed by atoms with Crippen LogP contribution in [0.2, 0.25) is 0 Å². The average Bonchev–Trinajstić information content (AvgIpc) is 2.54. The third-order valence-electron chi connectivity index (χ3n) is 3.60. The van der Waals surface area contributed by atoms with Crippen LogP contribution in [0.25, 0.3) is 10.9 Å². The summed E-state index contributed by atoms with van der Waals surface area (Å²) in [6, 6.07) is 8.62. The third kappa shape index (κ3) is 1.17. The maximum atomic E-state index is 5.88. The summed E-state index contributed by atoms with van der Waals surface area (Å²) in [5.74, 6) is 0. The van der Waals surface area contributed by atoms with Crippen molar-refractivity contribution in [3.05, 3.63) is 35.5 Å². The van der Waals surface area contributed by atoms with E-state index in [4.69, 9.17) is 4.74 Å². The smallest absolute Gasteiger partial charge is 0.103 e. The number of aryl methyl sites for hydroxylation is 1. The Kier molecular flexibility index (Phi) is 1.93. The Balaban J connectivity index is 2.42. The normalized spacial score (nSPS) is 18.7. The first-order valence-corrected chi connectivity index (χ1v) is 5.82. The summed E-state index contributed by atoms with van der Waals surface area (Å²) in [5, 5.41) is 1.39. The van der Waals surface area contributed by atoms with Crippen LogP contribution >= 0.6 is 0 Å². The SMILES string of the molecule is Cn1c2c(c3ccccc31)CCOC2(C)C. The largest absolute Gasteiger partial charge is 0.369 e. The van der Waals surface area contributed by atoms with E-state index in [1.165, 1.54) is 22.2 Å². The number of hydrogen-bond acceptors (Lipinski definition) is 1. The number of benzene rings is 1. The molecule has 3 rings (SSSR count). The van der Waals surface area contributed by atoms with Crippen molar-refractivity contribution in [1.29, 1.82) is 0 Å². The van der Waals surface area contributed by atoms with E-state index in [2.05, 4.69) is 49.7 Å². The zero-order valence-electron chi connectivity index (χ0n) is 10.1. The maximum absolute atomic E-state index is 5.88. The highest BCUT2D eigenvalue weighted by molar-refractivity contribution is 5.86. The number of para-hydroxylation sites is 1. The van der Waals surface area contributed by atoms with Gasteiger partial charge in [-0.15, -0.1) is 0 Å². The molecule has 1 aliphatic rings. The molecule has 16 heavy (non-hydrogen) atoms. The summed E-state index contributed by atoms with van der Waals surface area (Å²) < 4.78 is 8.16. The first-order chi connectivity index (χ1) is 7.61. The van der Waals surface area contributed by atoms with Gasteiger partial charge in [-0.05, 0) is 31.9 Å². The van der Waals surface area contributed by atoms with Crippen LogP contribution in [0.3, 0.4) is 0 Å². The second kappa shape index (κ2) is 3.11. The number of hydrogen-bond donors (Lipinski definition) is 0. The van der Waals surface area contributed by atoms with Crippen LogP contribution in [0.5, 0.6) is 0 Å². The zero-order chi connectivity index (χ0) is 11.3. The molecular weight excluding hydrogens is 198 g/mol. The fraction of sp³-hybridized carbons (Fsp3) is 0.429. The van der Waals surface area contributed by atoms with Crippen molar-refractivity contribution in [2.75, 3.05) is 6.61 Å². The molecule has 0 saturated carbocycles. The summed E-state index contributed by atoms with van der Waals surface area (Å²) in [4.78, 5) is 0. The predicted octanol–water partition coefficient (Wildman–Crippen LogP) is 2.99. The standard InChI is InChI=1S/C14H17NO/c1-14(2)13-11(8-9-16-14)10-6-4-5-7-12(10)15(13)3/h4-7H,8-9H2,1-3H3. The van der Waals surface area contributed by atoms with E-state index in [-0.39, 0.29) is 5.60 Å². The average molecular weight is 215 g/mol. The van der Waals surface area contributed by atoms with Gasteiger partial charge < -0.3 is 9.30 Å². The lowest BCUT2D eigenvalue weighted by atomic mass is 9.94. The molecule has 0 spiro atoms. The number of nitrogens with zero attached hydrogens (tertiary/aromatic N) is 1. The van der Waals surface area contributed by atoms with Gasteiger partial charge in [0.05, 0.1) is 12.3 Å². The van der Waals surface area contributed by atoms with E-state index >= 15 is 0 Å².